The van der Waals surface area contributed by atoms with Gasteiger partial charge in [-0.2, -0.15) is 0 Å². The van der Waals surface area contributed by atoms with Gasteiger partial charge < -0.3 is 4.57 Å². The zero-order valence-electron chi connectivity index (χ0n) is 13.3. The fourth-order valence-electron chi connectivity index (χ4n) is 2.03. The number of carbonyl (C=O) groups is 2. The summed E-state index contributed by atoms with van der Waals surface area (Å²) in [6.45, 7) is 6.06. The summed E-state index contributed by atoms with van der Waals surface area (Å²) in [7, 11) is 0. The number of aromatic nitrogens is 3. The average molecular weight is 333 g/mol. The number of thioether (sulfide) groups is 1. The van der Waals surface area contributed by atoms with Crippen LogP contribution in [0.5, 0.6) is 0 Å². The molecule has 0 fully saturated rings. The second-order valence-electron chi connectivity index (χ2n) is 4.88. The maximum absolute atomic E-state index is 11.6. The highest BCUT2D eigenvalue weighted by atomic mass is 32.2. The van der Waals surface area contributed by atoms with E-state index in [1.54, 1.807) is 0 Å². The van der Waals surface area contributed by atoms with E-state index < -0.39 is 0 Å². The molecule has 2 rings (SSSR count). The molecule has 0 aliphatic carbocycles. The van der Waals surface area contributed by atoms with Crippen LogP contribution in [0.1, 0.15) is 19.4 Å². The summed E-state index contributed by atoms with van der Waals surface area (Å²) < 4.78 is 1.97. The Balaban J connectivity index is 2.11. The second-order valence-corrected chi connectivity index (χ2v) is 5.83. The van der Waals surface area contributed by atoms with Crippen molar-refractivity contribution < 1.29 is 9.59 Å². The van der Waals surface area contributed by atoms with Crippen LogP contribution in [-0.2, 0) is 16.1 Å². The van der Waals surface area contributed by atoms with E-state index in [4.69, 9.17) is 0 Å². The largest absolute Gasteiger partial charge is 0.302 e. The van der Waals surface area contributed by atoms with E-state index >= 15 is 0 Å². The number of benzene rings is 1. The lowest BCUT2D eigenvalue weighted by atomic mass is 10.1. The zero-order chi connectivity index (χ0) is 16.8. The monoisotopic (exact) mass is 333 g/mol. The van der Waals surface area contributed by atoms with Gasteiger partial charge in [0.25, 0.3) is 0 Å². The molecule has 2 N–H and O–H groups in total. The molecule has 8 heteroatoms. The molecule has 1 aromatic carbocycles. The van der Waals surface area contributed by atoms with Crippen molar-refractivity contribution in [2.45, 2.75) is 32.5 Å². The molecule has 0 spiro atoms. The average Bonchev–Trinajstić information content (AvgIpc) is 2.94. The van der Waals surface area contributed by atoms with Crippen LogP contribution < -0.4 is 10.9 Å². The molecule has 0 saturated carbocycles. The van der Waals surface area contributed by atoms with Gasteiger partial charge in [0.05, 0.1) is 5.75 Å². The third kappa shape index (κ3) is 4.32. The number of nitrogens with zero attached hydrogens (tertiary/aromatic N) is 3. The van der Waals surface area contributed by atoms with Crippen LogP contribution in [-0.4, -0.2) is 32.3 Å². The van der Waals surface area contributed by atoms with Crippen LogP contribution in [0.4, 0.5) is 0 Å². The molecule has 2 aromatic rings. The van der Waals surface area contributed by atoms with Crippen molar-refractivity contribution >= 4 is 23.6 Å². The third-order valence-corrected chi connectivity index (χ3v) is 4.10. The van der Waals surface area contributed by atoms with Gasteiger partial charge in [0, 0.05) is 19.0 Å². The molecule has 2 amide bonds. The molecule has 0 radical (unpaired) electrons. The fourth-order valence-corrected chi connectivity index (χ4v) is 2.83. The Hall–Kier alpha value is -2.35. The van der Waals surface area contributed by atoms with Crippen molar-refractivity contribution in [2.24, 2.45) is 0 Å². The van der Waals surface area contributed by atoms with Gasteiger partial charge in [0.15, 0.2) is 11.0 Å². The fraction of sp³-hybridized carbons (Fsp3) is 0.333. The topological polar surface area (TPSA) is 88.9 Å². The third-order valence-electron chi connectivity index (χ3n) is 3.13. The Morgan fingerprint density at radius 1 is 1.22 bits per heavy atom. The summed E-state index contributed by atoms with van der Waals surface area (Å²) in [5.41, 5.74) is 6.72. The van der Waals surface area contributed by atoms with E-state index in [1.807, 2.05) is 42.7 Å². The second kappa shape index (κ2) is 7.77. The van der Waals surface area contributed by atoms with Gasteiger partial charge in [-0.05, 0) is 19.4 Å². The predicted octanol–water partition coefficient (Wildman–Crippen LogP) is 1.53. The minimum absolute atomic E-state index is 0.145. The van der Waals surface area contributed by atoms with Crippen LogP contribution >= 0.6 is 11.8 Å². The van der Waals surface area contributed by atoms with Crippen LogP contribution in [0.2, 0.25) is 0 Å². The van der Waals surface area contributed by atoms with E-state index in [0.717, 1.165) is 17.0 Å². The van der Waals surface area contributed by atoms with E-state index in [-0.39, 0.29) is 17.6 Å². The Bertz CT molecular complexity index is 714. The number of hydrogen-bond donors (Lipinski definition) is 2. The maximum atomic E-state index is 11.6. The number of rotatable bonds is 5. The first-order chi connectivity index (χ1) is 11.0. The van der Waals surface area contributed by atoms with Gasteiger partial charge in [-0.15, -0.1) is 10.2 Å². The van der Waals surface area contributed by atoms with Crippen molar-refractivity contribution in [1.82, 2.24) is 25.6 Å². The molecule has 7 nitrogen and oxygen atoms in total. The highest BCUT2D eigenvalue weighted by molar-refractivity contribution is 7.99. The molecule has 1 heterocycles. The van der Waals surface area contributed by atoms with E-state index in [2.05, 4.69) is 21.0 Å². The zero-order valence-corrected chi connectivity index (χ0v) is 14.1. The molecule has 0 bridgehead atoms. The SMILES string of the molecule is CCn1c(SCC(=O)NNC(C)=O)nnc1-c1ccccc1C. The van der Waals surface area contributed by atoms with Gasteiger partial charge in [-0.3, -0.25) is 20.4 Å². The number of nitrogens with one attached hydrogen (secondary N) is 2. The lowest BCUT2D eigenvalue weighted by Gasteiger charge is -2.09. The first kappa shape index (κ1) is 17.0. The maximum Gasteiger partial charge on any atom is 0.248 e. The molecule has 0 aliphatic rings. The van der Waals surface area contributed by atoms with Crippen molar-refractivity contribution in [2.75, 3.05) is 5.75 Å². The number of carbonyl (C=O) groups excluding carboxylic acids is 2. The number of aryl methyl sites for hydroxylation is 1. The number of hydrazine groups is 1. The van der Waals surface area contributed by atoms with Gasteiger partial charge in [0.1, 0.15) is 0 Å². The van der Waals surface area contributed by atoms with Gasteiger partial charge in [-0.1, -0.05) is 36.0 Å². The van der Waals surface area contributed by atoms with Gasteiger partial charge >= 0.3 is 0 Å². The minimum atomic E-state index is -0.318. The van der Waals surface area contributed by atoms with Crippen molar-refractivity contribution in [3.63, 3.8) is 0 Å². The molecule has 122 valence electrons. The summed E-state index contributed by atoms with van der Waals surface area (Å²) in [5, 5.41) is 9.11. The predicted molar refractivity (Wildman–Crippen MR) is 88.6 cm³/mol. The van der Waals surface area contributed by atoms with Crippen molar-refractivity contribution in [3.05, 3.63) is 29.8 Å². The first-order valence-corrected chi connectivity index (χ1v) is 8.19. The standard InChI is InChI=1S/C15H19N5O2S/c1-4-20-14(12-8-6-5-7-10(12)2)18-19-15(20)23-9-13(22)17-16-11(3)21/h5-8H,4,9H2,1-3H3,(H,16,21)(H,17,22). The molecular formula is C15H19N5O2S. The summed E-state index contributed by atoms with van der Waals surface area (Å²) in [6, 6.07) is 7.97. The van der Waals surface area contributed by atoms with Crippen LogP contribution in [0.15, 0.2) is 29.4 Å². The van der Waals surface area contributed by atoms with Crippen molar-refractivity contribution in [3.8, 4) is 11.4 Å². The normalized spacial score (nSPS) is 10.4. The highest BCUT2D eigenvalue weighted by Gasteiger charge is 2.15. The van der Waals surface area contributed by atoms with Gasteiger partial charge in [-0.25, -0.2) is 0 Å². The molecule has 0 unspecified atom stereocenters. The summed E-state index contributed by atoms with van der Waals surface area (Å²) in [5.74, 6) is 0.317. The minimum Gasteiger partial charge on any atom is -0.302 e. The highest BCUT2D eigenvalue weighted by Crippen LogP contribution is 2.25. The molecule has 0 saturated heterocycles. The van der Waals surface area contributed by atoms with Crippen LogP contribution in [0.3, 0.4) is 0 Å². The number of hydrogen-bond acceptors (Lipinski definition) is 5. The lowest BCUT2D eigenvalue weighted by Crippen LogP contribution is -2.41. The van der Waals surface area contributed by atoms with Gasteiger partial charge in [0.2, 0.25) is 11.8 Å². The first-order valence-electron chi connectivity index (χ1n) is 7.20. The Labute approximate surface area is 138 Å². The van der Waals surface area contributed by atoms with Crippen molar-refractivity contribution in [1.29, 1.82) is 0 Å². The lowest BCUT2D eigenvalue weighted by molar-refractivity contribution is -0.126. The van der Waals surface area contributed by atoms with Crippen LogP contribution in [0.25, 0.3) is 11.4 Å². The Morgan fingerprint density at radius 2 is 1.96 bits per heavy atom. The van der Waals surface area contributed by atoms with E-state index in [9.17, 15) is 9.59 Å². The Morgan fingerprint density at radius 3 is 2.61 bits per heavy atom. The van der Waals surface area contributed by atoms with E-state index in [0.29, 0.717) is 11.7 Å². The summed E-state index contributed by atoms with van der Waals surface area (Å²) >= 11 is 1.28. The molecule has 1 aromatic heterocycles. The van der Waals surface area contributed by atoms with E-state index in [1.165, 1.54) is 18.7 Å². The quantitative estimate of drug-likeness (QED) is 0.640. The summed E-state index contributed by atoms with van der Waals surface area (Å²) in [6.07, 6.45) is 0. The Kier molecular flexibility index (Phi) is 5.75. The van der Waals surface area contributed by atoms with Crippen LogP contribution in [0, 0.1) is 6.92 Å². The molecular weight excluding hydrogens is 314 g/mol. The molecule has 0 aliphatic heterocycles. The number of amides is 2. The smallest absolute Gasteiger partial charge is 0.248 e. The molecule has 0 atom stereocenters. The summed E-state index contributed by atoms with van der Waals surface area (Å²) in [4.78, 5) is 22.4. The molecule has 23 heavy (non-hydrogen) atoms.